The third kappa shape index (κ3) is 8.00. The molecule has 10 aliphatic carbocycles. The Labute approximate surface area is 272 Å². The lowest BCUT2D eigenvalue weighted by atomic mass is 10.2. The molecule has 0 aromatic carbocycles. The summed E-state index contributed by atoms with van der Waals surface area (Å²) in [6, 6.07) is 0. The lowest BCUT2D eigenvalue weighted by Gasteiger charge is -1.99. The highest BCUT2D eigenvalue weighted by Crippen LogP contribution is 2.98. The van der Waals surface area contributed by atoms with Gasteiger partial charge in [-0.3, -0.25) is 4.79 Å². The molecule has 40 heavy (non-hydrogen) atoms. The van der Waals surface area contributed by atoms with Crippen LogP contribution in [-0.4, -0.2) is 31.3 Å². The van der Waals surface area contributed by atoms with Crippen LogP contribution in [0, 0.1) is 28.6 Å². The van der Waals surface area contributed by atoms with Gasteiger partial charge in [0.1, 0.15) is 0 Å². The average molecular weight is 756 g/mol. The number of fused-ring (bicyclic) bond motifs is 1. The van der Waals surface area contributed by atoms with Crippen molar-refractivity contribution in [3.05, 3.63) is 11.1 Å². The van der Waals surface area contributed by atoms with Crippen LogP contribution in [0.25, 0.3) is 0 Å². The first-order valence-electron chi connectivity index (χ1n) is 14.7. The van der Waals surface area contributed by atoms with Crippen molar-refractivity contribution in [3.8, 4) is 0 Å². The minimum absolute atomic E-state index is 0. The van der Waals surface area contributed by atoms with Crippen LogP contribution < -0.4 is 0 Å². The zero-order valence-corrected chi connectivity index (χ0v) is 26.6. The molecule has 10 fully saturated rings. The van der Waals surface area contributed by atoms with E-state index in [1.807, 2.05) is 0 Å². The number of ether oxygens (including phenoxy) is 1. The Bertz CT molecular complexity index is 830. The van der Waals surface area contributed by atoms with E-state index in [0.29, 0.717) is 13.5 Å². The van der Waals surface area contributed by atoms with Crippen LogP contribution in [0.4, 0.5) is 0 Å². The maximum atomic E-state index is 10.4. The number of hydrogen-bond donors (Lipinski definition) is 1. The second-order valence-electron chi connectivity index (χ2n) is 13.4. The first-order valence-corrected chi connectivity index (χ1v) is 17.0. The van der Waals surface area contributed by atoms with E-state index in [-0.39, 0.29) is 47.2 Å². The molecule has 2 spiro atoms. The molecule has 0 heterocycles. The molecule has 0 bridgehead atoms. The smallest absolute Gasteiger partial charge is 0.308 e. The molecule has 3 nitrogen and oxygen atoms in total. The summed E-state index contributed by atoms with van der Waals surface area (Å²) in [6.45, 7) is 0. The first-order chi connectivity index (χ1) is 17.1. The Kier molecular flexibility index (Phi) is 11.9. The first kappa shape index (κ1) is 36.8. The van der Waals surface area contributed by atoms with Gasteiger partial charge in [-0.25, -0.2) is 0 Å². The molecule has 0 saturated heterocycles. The predicted octanol–water partition coefficient (Wildman–Crippen LogP) is 11.3. The van der Waals surface area contributed by atoms with Gasteiger partial charge in [0, 0.05) is 15.2 Å². The number of rotatable bonds is 3. The molecule has 234 valence electrons. The van der Waals surface area contributed by atoms with E-state index in [0.717, 1.165) is 42.4 Å². The molecular weight excluding hydrogens is 696 g/mol. The number of alkyl halides is 3. The molecule has 0 unspecified atom stereocenters. The summed E-state index contributed by atoms with van der Waals surface area (Å²) in [7, 11) is 1.43. The molecule has 10 rings (SSSR count). The highest BCUT2D eigenvalue weighted by Gasteiger charge is 2.94. The number of methoxy groups -OCH3 is 1. The fourth-order valence-corrected chi connectivity index (χ4v) is 9.74. The van der Waals surface area contributed by atoms with E-state index in [2.05, 4.69) is 52.5 Å². The van der Waals surface area contributed by atoms with Crippen molar-refractivity contribution in [1.82, 2.24) is 0 Å². The number of allylic oxidation sites excluding steroid dienone is 2. The molecule has 0 atom stereocenters. The van der Waals surface area contributed by atoms with E-state index in [9.17, 15) is 9.90 Å². The Balaban J connectivity index is 0.000000172. The minimum Gasteiger partial charge on any atom is -0.469 e. The Morgan fingerprint density at radius 1 is 0.675 bits per heavy atom. The maximum Gasteiger partial charge on any atom is 0.308 e. The predicted molar refractivity (Wildman–Crippen MR) is 182 cm³/mol. The van der Waals surface area contributed by atoms with Gasteiger partial charge in [-0.1, -0.05) is 88.6 Å². The molecule has 0 aromatic heterocycles. The average Bonchev–Trinajstić information content (AvgIpc) is 3.66. The Morgan fingerprint density at radius 3 is 1.20 bits per heavy atom. The number of hydrogen-bond acceptors (Lipinski definition) is 3. The quantitative estimate of drug-likeness (QED) is 0.177. The van der Waals surface area contributed by atoms with Crippen LogP contribution >= 0.6 is 47.8 Å². The molecule has 0 radical (unpaired) electrons. The zero-order valence-electron chi connectivity index (χ0n) is 21.9. The van der Waals surface area contributed by atoms with E-state index in [1.54, 1.807) is 11.1 Å². The lowest BCUT2D eigenvalue weighted by Crippen LogP contribution is -2.07. The number of carbonyl (C=O) groups excluding carboxylic acids is 1. The summed E-state index contributed by atoms with van der Waals surface area (Å²) in [5.41, 5.74) is 4.91. The summed E-state index contributed by atoms with van der Waals surface area (Å²) in [4.78, 5) is 10.4. The third-order valence-electron chi connectivity index (χ3n) is 10.3. The van der Waals surface area contributed by atoms with E-state index < -0.39 is 0 Å². The Hall–Kier alpha value is 0.610. The van der Waals surface area contributed by atoms with Crippen LogP contribution in [0.5, 0.6) is 0 Å². The van der Waals surface area contributed by atoms with Gasteiger partial charge in [-0.2, -0.15) is 0 Å². The number of carbonyl (C=O) groups is 1. The number of halogens is 3. The summed E-state index contributed by atoms with van der Waals surface area (Å²) in [5, 5.41) is 9.27. The van der Waals surface area contributed by atoms with Gasteiger partial charge in [0.15, 0.2) is 0 Å². The molecule has 10 saturated carbocycles. The zero-order chi connectivity index (χ0) is 25.4. The molecule has 10 aliphatic rings. The summed E-state index contributed by atoms with van der Waals surface area (Å²) in [6.07, 6.45) is 24.3. The molecule has 1 N–H and O–H groups in total. The van der Waals surface area contributed by atoms with Crippen molar-refractivity contribution in [2.45, 2.75) is 158 Å². The van der Waals surface area contributed by atoms with E-state index in [1.165, 1.54) is 97.0 Å². The third-order valence-corrected chi connectivity index (χ3v) is 14.8. The van der Waals surface area contributed by atoms with Crippen LogP contribution in [0.3, 0.4) is 0 Å². The van der Waals surface area contributed by atoms with Crippen molar-refractivity contribution in [1.29, 1.82) is 0 Å². The van der Waals surface area contributed by atoms with Crippen molar-refractivity contribution in [2.24, 2.45) is 28.6 Å². The molecule has 0 aliphatic heterocycles. The highest BCUT2D eigenvalue weighted by atomic mass is 79.9. The van der Waals surface area contributed by atoms with Crippen LogP contribution in [0.1, 0.15) is 145 Å². The van der Waals surface area contributed by atoms with Gasteiger partial charge < -0.3 is 9.84 Å². The fourth-order valence-electron chi connectivity index (χ4n) is 6.18. The second kappa shape index (κ2) is 12.9. The van der Waals surface area contributed by atoms with Crippen LogP contribution in [0.2, 0.25) is 0 Å². The normalized spacial score (nSPS) is 29.7. The van der Waals surface area contributed by atoms with Gasteiger partial charge in [0.2, 0.25) is 0 Å². The number of aliphatic hydroxyl groups is 1. The van der Waals surface area contributed by atoms with Gasteiger partial charge >= 0.3 is 5.97 Å². The fraction of sp³-hybridized carbons (Fsp3) is 0.912. The summed E-state index contributed by atoms with van der Waals surface area (Å²) < 4.78 is 5.50. The Morgan fingerprint density at radius 2 is 1.07 bits per heavy atom. The highest BCUT2D eigenvalue weighted by molar-refractivity contribution is 9.25. The van der Waals surface area contributed by atoms with Gasteiger partial charge in [-0.05, 0) is 127 Å². The SMILES string of the molecule is BrC1(Br)C2(CC2)C12CC2.BrC1(C2CC2)CC1.C.C.C.C.C1CC1=C1CC1.COC(=O)C1CC1.OC1(C2CC2)CC1. The van der Waals surface area contributed by atoms with E-state index >= 15 is 0 Å². The number of esters is 1. The maximum absolute atomic E-state index is 10.4. The van der Waals surface area contributed by atoms with Crippen LogP contribution in [-0.2, 0) is 9.53 Å². The minimum atomic E-state index is -0.139. The van der Waals surface area contributed by atoms with Crippen molar-refractivity contribution in [2.75, 3.05) is 7.11 Å². The van der Waals surface area contributed by atoms with Crippen LogP contribution in [0.15, 0.2) is 11.1 Å². The van der Waals surface area contributed by atoms with Gasteiger partial charge in [0.25, 0.3) is 0 Å². The molecule has 6 heteroatoms. The van der Waals surface area contributed by atoms with Crippen molar-refractivity contribution in [3.63, 3.8) is 0 Å². The lowest BCUT2D eigenvalue weighted by molar-refractivity contribution is -0.142. The van der Waals surface area contributed by atoms with Gasteiger partial charge in [-0.15, -0.1) is 0 Å². The second-order valence-corrected chi connectivity index (χ2v) is 18.5. The summed E-state index contributed by atoms with van der Waals surface area (Å²) >= 11 is 11.3. The monoisotopic (exact) mass is 752 g/mol. The largest absolute Gasteiger partial charge is 0.469 e. The standard InChI is InChI=1S/C7H8Br2.C6H9Br.C6H10O.C6H8.C5H8O2.4CH4/c8-7(9)5(1-2-5)6(7)3-4-6;2*7-6(3-4-6)5-1-2-5;1-2-5(1)6-3-4-6;1-7-5(6)4-2-3-4;;;;/h1-4H2;5H,1-4H2;5,7H,1-4H2;1-4H2;4H,2-3H2,1H3;4*1H4. The molecular formula is C34H59Br3O3. The molecule has 0 aromatic rings. The van der Waals surface area contributed by atoms with E-state index in [4.69, 9.17) is 0 Å². The van der Waals surface area contributed by atoms with Crippen molar-refractivity contribution < 1.29 is 14.6 Å². The summed E-state index contributed by atoms with van der Waals surface area (Å²) in [5.74, 6) is 2.00. The topological polar surface area (TPSA) is 46.5 Å². The molecule has 0 amide bonds. The van der Waals surface area contributed by atoms with Crippen molar-refractivity contribution >= 4 is 53.8 Å². The van der Waals surface area contributed by atoms with Gasteiger partial charge in [0.05, 0.1) is 21.9 Å².